The number of hydrogen-bond donors (Lipinski definition) is 1. The zero-order chi connectivity index (χ0) is 20.5. The highest BCUT2D eigenvalue weighted by Crippen LogP contribution is 2.35. The third kappa shape index (κ3) is 3.36. The van der Waals surface area contributed by atoms with Gasteiger partial charge in [-0.3, -0.25) is 9.78 Å². The standard InChI is InChI=1S/C23H18N2O4/c1-25(2)22(26)16-10-6-9-15(11-16)18-12-19-17(13-24-18)20(23(27)28)21(29-19)14-7-4-3-5-8-14/h3-13H,1-2H3,(H,27,28). The third-order valence-corrected chi connectivity index (χ3v) is 4.64. The van der Waals surface area contributed by atoms with Gasteiger partial charge in [-0.15, -0.1) is 0 Å². The average Bonchev–Trinajstić information content (AvgIpc) is 3.13. The third-order valence-electron chi connectivity index (χ3n) is 4.64. The van der Waals surface area contributed by atoms with E-state index in [-0.39, 0.29) is 11.5 Å². The summed E-state index contributed by atoms with van der Waals surface area (Å²) in [5.41, 5.74) is 3.08. The fourth-order valence-corrected chi connectivity index (χ4v) is 3.23. The summed E-state index contributed by atoms with van der Waals surface area (Å²) in [5.74, 6) is -0.884. The predicted octanol–water partition coefficient (Wildman–Crippen LogP) is 4.56. The minimum absolute atomic E-state index is 0.0850. The van der Waals surface area contributed by atoms with Crippen LogP contribution in [0.4, 0.5) is 0 Å². The highest BCUT2D eigenvalue weighted by Gasteiger charge is 2.22. The minimum Gasteiger partial charge on any atom is -0.478 e. The van der Waals surface area contributed by atoms with Gasteiger partial charge in [0.1, 0.15) is 16.9 Å². The van der Waals surface area contributed by atoms with E-state index in [0.717, 1.165) is 5.56 Å². The Morgan fingerprint density at radius 1 is 0.966 bits per heavy atom. The first-order valence-electron chi connectivity index (χ1n) is 8.99. The van der Waals surface area contributed by atoms with E-state index in [4.69, 9.17) is 4.42 Å². The highest BCUT2D eigenvalue weighted by molar-refractivity contribution is 6.08. The quantitative estimate of drug-likeness (QED) is 0.556. The summed E-state index contributed by atoms with van der Waals surface area (Å²) in [6.45, 7) is 0. The molecule has 6 nitrogen and oxygen atoms in total. The lowest BCUT2D eigenvalue weighted by molar-refractivity contribution is 0.0698. The number of benzene rings is 2. The van der Waals surface area contributed by atoms with Crippen molar-refractivity contribution in [1.82, 2.24) is 9.88 Å². The maximum absolute atomic E-state index is 12.2. The van der Waals surface area contributed by atoms with Gasteiger partial charge in [0.15, 0.2) is 0 Å². The molecule has 0 atom stereocenters. The molecule has 2 heterocycles. The van der Waals surface area contributed by atoms with Crippen LogP contribution in [0.2, 0.25) is 0 Å². The molecule has 0 saturated heterocycles. The molecule has 0 spiro atoms. The zero-order valence-electron chi connectivity index (χ0n) is 15.9. The first-order valence-corrected chi connectivity index (χ1v) is 8.99. The summed E-state index contributed by atoms with van der Waals surface area (Å²) in [4.78, 5) is 30.1. The lowest BCUT2D eigenvalue weighted by Crippen LogP contribution is -2.21. The molecule has 0 aliphatic rings. The molecule has 0 bridgehead atoms. The maximum atomic E-state index is 12.2. The number of carboxylic acid groups (broad SMARTS) is 1. The van der Waals surface area contributed by atoms with Crippen molar-refractivity contribution in [1.29, 1.82) is 0 Å². The number of nitrogens with zero attached hydrogens (tertiary/aromatic N) is 2. The molecule has 0 fully saturated rings. The summed E-state index contributed by atoms with van der Waals surface area (Å²) in [7, 11) is 3.39. The zero-order valence-corrected chi connectivity index (χ0v) is 15.9. The van der Waals surface area contributed by atoms with Gasteiger partial charge < -0.3 is 14.4 Å². The van der Waals surface area contributed by atoms with E-state index >= 15 is 0 Å². The minimum atomic E-state index is -1.07. The number of aromatic carboxylic acids is 1. The SMILES string of the molecule is CN(C)C(=O)c1cccc(-c2cc3oc(-c4ccccc4)c(C(=O)O)c3cn2)c1. The Bertz CT molecular complexity index is 1230. The molecule has 1 N–H and O–H groups in total. The fraction of sp³-hybridized carbons (Fsp3) is 0.0870. The van der Waals surface area contributed by atoms with Crippen LogP contribution in [0, 0.1) is 0 Å². The van der Waals surface area contributed by atoms with Gasteiger partial charge in [-0.2, -0.15) is 0 Å². The molecule has 2 aromatic heterocycles. The Balaban J connectivity index is 1.85. The molecule has 0 radical (unpaired) electrons. The van der Waals surface area contributed by atoms with Crippen LogP contribution in [0.1, 0.15) is 20.7 Å². The second kappa shape index (κ2) is 7.24. The van der Waals surface area contributed by atoms with Crippen LogP contribution in [0.3, 0.4) is 0 Å². The lowest BCUT2D eigenvalue weighted by Gasteiger charge is -2.11. The Morgan fingerprint density at radius 2 is 1.69 bits per heavy atom. The molecular formula is C23H18N2O4. The molecule has 0 aliphatic carbocycles. The number of hydrogen-bond acceptors (Lipinski definition) is 4. The number of furan rings is 1. The van der Waals surface area contributed by atoms with Crippen LogP contribution in [-0.4, -0.2) is 41.0 Å². The Labute approximate surface area is 167 Å². The molecule has 4 rings (SSSR count). The first-order chi connectivity index (χ1) is 14.0. The van der Waals surface area contributed by atoms with Gasteiger partial charge in [0, 0.05) is 43.0 Å². The molecular weight excluding hydrogens is 368 g/mol. The van der Waals surface area contributed by atoms with Gasteiger partial charge in [0.05, 0.1) is 11.1 Å². The van der Waals surface area contributed by atoms with Crippen molar-refractivity contribution in [3.05, 3.63) is 78.0 Å². The van der Waals surface area contributed by atoms with Crippen LogP contribution < -0.4 is 0 Å². The van der Waals surface area contributed by atoms with E-state index in [1.807, 2.05) is 24.3 Å². The number of fused-ring (bicyclic) bond motifs is 1. The maximum Gasteiger partial charge on any atom is 0.340 e. The van der Waals surface area contributed by atoms with Crippen LogP contribution in [-0.2, 0) is 0 Å². The number of pyridine rings is 1. The monoisotopic (exact) mass is 386 g/mol. The van der Waals surface area contributed by atoms with Crippen molar-refractivity contribution < 1.29 is 19.1 Å². The molecule has 29 heavy (non-hydrogen) atoms. The smallest absolute Gasteiger partial charge is 0.340 e. The predicted molar refractivity (Wildman–Crippen MR) is 110 cm³/mol. The van der Waals surface area contributed by atoms with Gasteiger partial charge in [0.25, 0.3) is 5.91 Å². The molecule has 6 heteroatoms. The van der Waals surface area contributed by atoms with Crippen LogP contribution in [0.25, 0.3) is 33.6 Å². The number of carbonyl (C=O) groups excluding carboxylic acids is 1. The van der Waals surface area contributed by atoms with Crippen molar-refractivity contribution in [2.45, 2.75) is 0 Å². The van der Waals surface area contributed by atoms with E-state index in [2.05, 4.69) is 4.98 Å². The Hall–Kier alpha value is -3.93. The molecule has 0 unspecified atom stereocenters. The van der Waals surface area contributed by atoms with Crippen LogP contribution in [0.5, 0.6) is 0 Å². The summed E-state index contributed by atoms with van der Waals surface area (Å²) in [6, 6.07) is 17.9. The molecule has 4 aromatic rings. The van der Waals surface area contributed by atoms with E-state index < -0.39 is 5.97 Å². The van der Waals surface area contributed by atoms with Gasteiger partial charge in [-0.05, 0) is 12.1 Å². The van der Waals surface area contributed by atoms with Gasteiger partial charge in [0.2, 0.25) is 0 Å². The van der Waals surface area contributed by atoms with Gasteiger partial charge in [-0.1, -0.05) is 42.5 Å². The van der Waals surface area contributed by atoms with Crippen molar-refractivity contribution in [2.24, 2.45) is 0 Å². The summed E-state index contributed by atoms with van der Waals surface area (Å²) in [5, 5.41) is 10.2. The van der Waals surface area contributed by atoms with Gasteiger partial charge in [-0.25, -0.2) is 4.79 Å². The Morgan fingerprint density at radius 3 is 2.38 bits per heavy atom. The Kier molecular flexibility index (Phi) is 4.60. The van der Waals surface area contributed by atoms with Crippen molar-refractivity contribution in [3.63, 3.8) is 0 Å². The van der Waals surface area contributed by atoms with Crippen LogP contribution in [0.15, 0.2) is 71.3 Å². The number of rotatable bonds is 4. The van der Waals surface area contributed by atoms with Crippen molar-refractivity contribution >= 4 is 22.8 Å². The fourth-order valence-electron chi connectivity index (χ4n) is 3.23. The van der Waals surface area contributed by atoms with E-state index in [0.29, 0.717) is 33.6 Å². The molecule has 0 saturated carbocycles. The summed E-state index contributed by atoms with van der Waals surface area (Å²) in [6.07, 6.45) is 1.50. The van der Waals surface area contributed by atoms with E-state index in [1.165, 1.54) is 11.1 Å². The first kappa shape index (κ1) is 18.4. The second-order valence-electron chi connectivity index (χ2n) is 6.82. The number of carbonyl (C=O) groups is 2. The van der Waals surface area contributed by atoms with Crippen molar-refractivity contribution in [2.75, 3.05) is 14.1 Å². The lowest BCUT2D eigenvalue weighted by atomic mass is 10.0. The average molecular weight is 386 g/mol. The topological polar surface area (TPSA) is 83.6 Å². The van der Waals surface area contributed by atoms with Crippen molar-refractivity contribution in [3.8, 4) is 22.6 Å². The van der Waals surface area contributed by atoms with Crippen LogP contribution >= 0.6 is 0 Å². The summed E-state index contributed by atoms with van der Waals surface area (Å²) >= 11 is 0. The van der Waals surface area contributed by atoms with Gasteiger partial charge >= 0.3 is 5.97 Å². The highest BCUT2D eigenvalue weighted by atomic mass is 16.4. The van der Waals surface area contributed by atoms with E-state index in [9.17, 15) is 14.7 Å². The number of amides is 1. The largest absolute Gasteiger partial charge is 0.478 e. The molecule has 1 amide bonds. The van der Waals surface area contributed by atoms with E-state index in [1.54, 1.807) is 50.5 Å². The molecule has 0 aliphatic heterocycles. The molecule has 2 aromatic carbocycles. The number of carboxylic acids is 1. The summed E-state index contributed by atoms with van der Waals surface area (Å²) < 4.78 is 5.93. The normalized spacial score (nSPS) is 10.8. The second-order valence-corrected chi connectivity index (χ2v) is 6.82. The molecule has 144 valence electrons. The number of aromatic nitrogens is 1.